The maximum absolute atomic E-state index is 13.4. The summed E-state index contributed by atoms with van der Waals surface area (Å²) < 4.78 is 31.1. The van der Waals surface area contributed by atoms with E-state index in [2.05, 4.69) is 15.1 Å². The molecule has 1 heterocycles. The highest BCUT2D eigenvalue weighted by Gasteiger charge is 2.09. The Balaban J connectivity index is 2.28. The third kappa shape index (κ3) is 2.92. The maximum Gasteiger partial charge on any atom is 0.322 e. The number of halogens is 2. The Kier molecular flexibility index (Phi) is 3.51. The van der Waals surface area contributed by atoms with Crippen LogP contribution in [0.1, 0.15) is 5.69 Å². The summed E-state index contributed by atoms with van der Waals surface area (Å²) in [6, 6.07) is 3.97. The van der Waals surface area contributed by atoms with Gasteiger partial charge in [-0.05, 0) is 18.2 Å². The molecule has 3 N–H and O–H groups in total. The molecule has 0 amide bonds. The first-order chi connectivity index (χ1) is 9.10. The van der Waals surface area contributed by atoms with E-state index >= 15 is 0 Å². The third-order valence-corrected chi connectivity index (χ3v) is 2.10. The zero-order valence-electron chi connectivity index (χ0n) is 9.42. The van der Waals surface area contributed by atoms with Crippen molar-refractivity contribution in [1.29, 1.82) is 0 Å². The smallest absolute Gasteiger partial charge is 0.322 e. The molecule has 1 aromatic carbocycles. The number of nitrogens with two attached hydrogens (primary N) is 1. The highest BCUT2D eigenvalue weighted by molar-refractivity contribution is 5.95. The molecular weight excluding hydrogens is 258 g/mol. The van der Waals surface area contributed by atoms with Crippen LogP contribution in [0.15, 0.2) is 35.6 Å². The third-order valence-electron chi connectivity index (χ3n) is 2.10. The van der Waals surface area contributed by atoms with E-state index in [1.54, 1.807) is 0 Å². The number of hydrogen-bond donors (Lipinski definition) is 2. The van der Waals surface area contributed by atoms with E-state index < -0.39 is 11.6 Å². The molecule has 0 aliphatic rings. The Morgan fingerprint density at radius 3 is 2.79 bits per heavy atom. The van der Waals surface area contributed by atoms with E-state index in [9.17, 15) is 8.78 Å². The van der Waals surface area contributed by atoms with Crippen molar-refractivity contribution in [3.8, 4) is 11.8 Å². The fourth-order valence-corrected chi connectivity index (χ4v) is 1.24. The van der Waals surface area contributed by atoms with Gasteiger partial charge in [0.25, 0.3) is 0 Å². The van der Waals surface area contributed by atoms with Crippen molar-refractivity contribution in [3.05, 3.63) is 47.8 Å². The summed E-state index contributed by atoms with van der Waals surface area (Å²) in [5, 5.41) is 11.3. The van der Waals surface area contributed by atoms with Gasteiger partial charge in [-0.3, -0.25) is 0 Å². The summed E-state index contributed by atoms with van der Waals surface area (Å²) in [5.74, 6) is -2.10. The first-order valence-electron chi connectivity index (χ1n) is 5.04. The highest BCUT2D eigenvalue weighted by Crippen LogP contribution is 2.22. The lowest BCUT2D eigenvalue weighted by Gasteiger charge is -2.05. The average molecular weight is 266 g/mol. The van der Waals surface area contributed by atoms with Crippen molar-refractivity contribution < 1.29 is 18.7 Å². The highest BCUT2D eigenvalue weighted by atomic mass is 19.1. The molecule has 0 atom stereocenters. The second-order valence-electron chi connectivity index (χ2n) is 3.39. The van der Waals surface area contributed by atoms with Crippen LogP contribution in [0.25, 0.3) is 0 Å². The molecule has 0 unspecified atom stereocenters. The summed E-state index contributed by atoms with van der Waals surface area (Å²) >= 11 is 0. The summed E-state index contributed by atoms with van der Waals surface area (Å²) in [5.41, 5.74) is 5.44. The number of ether oxygens (including phenoxy) is 1. The molecule has 0 aliphatic heterocycles. The van der Waals surface area contributed by atoms with Gasteiger partial charge < -0.3 is 15.7 Å². The van der Waals surface area contributed by atoms with Gasteiger partial charge in [0.15, 0.2) is 17.4 Å². The first-order valence-corrected chi connectivity index (χ1v) is 5.04. The Labute approximate surface area is 106 Å². The Hall–Kier alpha value is -2.77. The first kappa shape index (κ1) is 12.7. The Bertz CT molecular complexity index is 634. The van der Waals surface area contributed by atoms with Crippen LogP contribution in [-0.4, -0.2) is 21.0 Å². The predicted octanol–water partition coefficient (Wildman–Crippen LogP) is 1.64. The summed E-state index contributed by atoms with van der Waals surface area (Å²) in [6.45, 7) is 0. The second-order valence-corrected chi connectivity index (χ2v) is 3.39. The van der Waals surface area contributed by atoms with E-state index in [1.807, 2.05) is 0 Å². The molecule has 8 heteroatoms. The molecule has 6 nitrogen and oxygen atoms in total. The zero-order chi connectivity index (χ0) is 13.8. The summed E-state index contributed by atoms with van der Waals surface area (Å²) in [4.78, 5) is 7.52. The second kappa shape index (κ2) is 5.25. The van der Waals surface area contributed by atoms with E-state index in [0.717, 1.165) is 12.1 Å². The normalized spacial score (nSPS) is 11.4. The maximum atomic E-state index is 13.4. The molecule has 0 radical (unpaired) electrons. The number of oxime groups is 1. The van der Waals surface area contributed by atoms with Crippen molar-refractivity contribution in [3.63, 3.8) is 0 Å². The van der Waals surface area contributed by atoms with Gasteiger partial charge in [0.2, 0.25) is 0 Å². The molecule has 98 valence electrons. The van der Waals surface area contributed by atoms with Crippen molar-refractivity contribution in [2.45, 2.75) is 0 Å². The molecule has 0 spiro atoms. The lowest BCUT2D eigenvalue weighted by Crippen LogP contribution is -2.15. The Morgan fingerprint density at radius 1 is 1.32 bits per heavy atom. The standard InChI is InChI=1S/C11H8F2N4O2/c12-6-1-2-9(7(13)5-6)19-11-15-4-3-8(16-11)10(14)17-18/h1-5,18H,(H2,14,17). The van der Waals surface area contributed by atoms with Crippen molar-refractivity contribution in [2.75, 3.05) is 0 Å². The lowest BCUT2D eigenvalue weighted by atomic mass is 10.3. The van der Waals surface area contributed by atoms with Crippen LogP contribution in [0.4, 0.5) is 8.78 Å². The fourth-order valence-electron chi connectivity index (χ4n) is 1.24. The molecule has 1 aromatic heterocycles. The summed E-state index contributed by atoms with van der Waals surface area (Å²) in [6.07, 6.45) is 1.29. The minimum absolute atomic E-state index is 0.106. The zero-order valence-corrected chi connectivity index (χ0v) is 9.42. The van der Waals surface area contributed by atoms with E-state index in [1.165, 1.54) is 12.3 Å². The van der Waals surface area contributed by atoms with Gasteiger partial charge in [-0.2, -0.15) is 4.98 Å². The number of amidine groups is 1. The van der Waals surface area contributed by atoms with Crippen LogP contribution in [0, 0.1) is 11.6 Å². The van der Waals surface area contributed by atoms with Crippen molar-refractivity contribution >= 4 is 5.84 Å². The van der Waals surface area contributed by atoms with Crippen molar-refractivity contribution in [1.82, 2.24) is 9.97 Å². The van der Waals surface area contributed by atoms with Gasteiger partial charge in [-0.15, -0.1) is 0 Å². The molecular formula is C11H8F2N4O2. The average Bonchev–Trinajstić information content (AvgIpc) is 2.41. The van der Waals surface area contributed by atoms with Crippen LogP contribution in [0.5, 0.6) is 11.8 Å². The van der Waals surface area contributed by atoms with Gasteiger partial charge in [0.05, 0.1) is 0 Å². The monoisotopic (exact) mass is 266 g/mol. The molecule has 2 aromatic rings. The Morgan fingerprint density at radius 2 is 2.11 bits per heavy atom. The number of hydrogen-bond acceptors (Lipinski definition) is 5. The minimum atomic E-state index is -0.891. The fraction of sp³-hybridized carbons (Fsp3) is 0. The van der Waals surface area contributed by atoms with Gasteiger partial charge in [0.1, 0.15) is 11.5 Å². The number of rotatable bonds is 3. The largest absolute Gasteiger partial charge is 0.421 e. The molecule has 19 heavy (non-hydrogen) atoms. The topological polar surface area (TPSA) is 93.6 Å². The molecule has 0 saturated carbocycles. The van der Waals surface area contributed by atoms with E-state index in [-0.39, 0.29) is 23.3 Å². The van der Waals surface area contributed by atoms with Gasteiger partial charge in [-0.1, -0.05) is 5.16 Å². The molecule has 0 saturated heterocycles. The summed E-state index contributed by atoms with van der Waals surface area (Å²) in [7, 11) is 0. The molecule has 2 rings (SSSR count). The van der Waals surface area contributed by atoms with E-state index in [4.69, 9.17) is 15.7 Å². The molecule has 0 bridgehead atoms. The number of benzene rings is 1. The minimum Gasteiger partial charge on any atom is -0.421 e. The van der Waals surface area contributed by atoms with Crippen molar-refractivity contribution in [2.24, 2.45) is 10.9 Å². The SMILES string of the molecule is N/C(=N/O)c1ccnc(Oc2ccc(F)cc2F)n1. The van der Waals surface area contributed by atoms with E-state index in [0.29, 0.717) is 6.07 Å². The van der Waals surface area contributed by atoms with Crippen LogP contribution in [-0.2, 0) is 0 Å². The number of aromatic nitrogens is 2. The number of nitrogens with zero attached hydrogens (tertiary/aromatic N) is 3. The van der Waals surface area contributed by atoms with Crippen LogP contribution in [0.2, 0.25) is 0 Å². The predicted molar refractivity (Wildman–Crippen MR) is 61.0 cm³/mol. The van der Waals surface area contributed by atoms with Gasteiger partial charge in [0, 0.05) is 12.3 Å². The van der Waals surface area contributed by atoms with Crippen LogP contribution >= 0.6 is 0 Å². The molecule has 0 aliphatic carbocycles. The van der Waals surface area contributed by atoms with Gasteiger partial charge in [-0.25, -0.2) is 13.8 Å². The van der Waals surface area contributed by atoms with Crippen LogP contribution < -0.4 is 10.5 Å². The lowest BCUT2D eigenvalue weighted by molar-refractivity contribution is 0.318. The molecule has 0 fully saturated rings. The quantitative estimate of drug-likeness (QED) is 0.381. The van der Waals surface area contributed by atoms with Crippen LogP contribution in [0.3, 0.4) is 0 Å². The van der Waals surface area contributed by atoms with Gasteiger partial charge >= 0.3 is 6.01 Å².